The summed E-state index contributed by atoms with van der Waals surface area (Å²) in [5.41, 5.74) is 0.333. The zero-order valence-electron chi connectivity index (χ0n) is 20.6. The predicted molar refractivity (Wildman–Crippen MR) is 146 cm³/mol. The summed E-state index contributed by atoms with van der Waals surface area (Å²) < 4.78 is 34.6. The summed E-state index contributed by atoms with van der Waals surface area (Å²) in [6.07, 6.45) is 1.45. The molecule has 1 atom stereocenters. The second-order valence-corrected chi connectivity index (χ2v) is 12.4. The van der Waals surface area contributed by atoms with Gasteiger partial charge in [-0.25, -0.2) is 8.42 Å². The average Bonchev–Trinajstić information content (AvgIpc) is 2.89. The van der Waals surface area contributed by atoms with E-state index in [1.165, 1.54) is 16.4 Å². The fourth-order valence-corrected chi connectivity index (χ4v) is 6.45. The molecule has 0 bridgehead atoms. The number of sulfonamides is 1. The third kappa shape index (κ3) is 7.05. The first-order valence-electron chi connectivity index (χ1n) is 12.1. The highest BCUT2D eigenvalue weighted by Gasteiger charge is 2.43. The van der Waals surface area contributed by atoms with Crippen molar-refractivity contribution < 1.29 is 17.9 Å². The quantitative estimate of drug-likeness (QED) is 0.327. The van der Waals surface area contributed by atoms with Crippen molar-refractivity contribution in [1.29, 1.82) is 0 Å². The number of hydrogen-bond donors (Lipinski definition) is 0. The fraction of sp³-hybridized carbons (Fsp3) is 0.321. The minimum atomic E-state index is -3.77. The Morgan fingerprint density at radius 1 is 0.973 bits per heavy atom. The molecule has 1 aliphatic rings. The van der Waals surface area contributed by atoms with Gasteiger partial charge in [-0.05, 0) is 66.9 Å². The maximum absolute atomic E-state index is 13.5. The average molecular weight is 562 g/mol. The smallest absolute Gasteiger partial charge is 0.243 e. The Bertz CT molecular complexity index is 1300. The first-order valence-corrected chi connectivity index (χ1v) is 14.3. The second-order valence-electron chi connectivity index (χ2n) is 9.55. The molecule has 0 radical (unpaired) electrons. The Labute approximate surface area is 228 Å². The largest absolute Gasteiger partial charge is 0.493 e. The molecule has 3 aromatic carbocycles. The highest BCUT2D eigenvalue weighted by Crippen LogP contribution is 2.37. The van der Waals surface area contributed by atoms with Crippen LogP contribution < -0.4 is 4.74 Å². The highest BCUT2D eigenvalue weighted by molar-refractivity contribution is 7.89. The number of rotatable bonds is 9. The van der Waals surface area contributed by atoms with Crippen molar-refractivity contribution in [2.24, 2.45) is 5.41 Å². The number of hydrogen-bond acceptors (Lipinski definition) is 4. The first-order chi connectivity index (χ1) is 17.7. The van der Waals surface area contributed by atoms with Crippen LogP contribution in [0.15, 0.2) is 83.8 Å². The zero-order valence-corrected chi connectivity index (χ0v) is 23.0. The molecule has 0 aliphatic carbocycles. The number of halogens is 2. The van der Waals surface area contributed by atoms with Crippen molar-refractivity contribution in [1.82, 2.24) is 9.21 Å². The van der Waals surface area contributed by atoms with Gasteiger partial charge in [0, 0.05) is 48.6 Å². The molecule has 1 unspecified atom stereocenters. The molecule has 1 aliphatic heterocycles. The van der Waals surface area contributed by atoms with Gasteiger partial charge in [0.25, 0.3) is 0 Å². The SMILES string of the molecule is CN(Cc1ccccc1)C(=O)CC1(COc2ccc(Cl)cc2)CCCN(S(=O)(=O)c2ccc(Cl)cc2)C1. The molecule has 0 spiro atoms. The number of nitrogens with zero attached hydrogens (tertiary/aromatic N) is 2. The van der Waals surface area contributed by atoms with Crippen LogP contribution in [0.1, 0.15) is 24.8 Å². The Hall–Kier alpha value is -2.58. The molecule has 6 nitrogen and oxygen atoms in total. The number of benzene rings is 3. The van der Waals surface area contributed by atoms with Gasteiger partial charge in [0.2, 0.25) is 15.9 Å². The van der Waals surface area contributed by atoms with E-state index >= 15 is 0 Å². The monoisotopic (exact) mass is 560 g/mol. The lowest BCUT2D eigenvalue weighted by atomic mass is 9.78. The third-order valence-corrected chi connectivity index (χ3v) is 9.01. The molecular formula is C28H30Cl2N2O4S. The molecular weight excluding hydrogens is 531 g/mol. The molecule has 1 saturated heterocycles. The number of amides is 1. The van der Waals surface area contributed by atoms with Crippen LogP contribution in [0.2, 0.25) is 10.0 Å². The van der Waals surface area contributed by atoms with Crippen molar-refractivity contribution in [2.75, 3.05) is 26.7 Å². The van der Waals surface area contributed by atoms with Gasteiger partial charge in [-0.2, -0.15) is 4.31 Å². The van der Waals surface area contributed by atoms with E-state index in [4.69, 9.17) is 27.9 Å². The van der Waals surface area contributed by atoms with Gasteiger partial charge in [-0.15, -0.1) is 0 Å². The molecule has 0 aromatic heterocycles. The molecule has 1 amide bonds. The second kappa shape index (κ2) is 11.9. The maximum atomic E-state index is 13.5. The van der Waals surface area contributed by atoms with Crippen LogP contribution in [-0.2, 0) is 21.4 Å². The van der Waals surface area contributed by atoms with Crippen LogP contribution in [0.5, 0.6) is 5.75 Å². The van der Waals surface area contributed by atoms with E-state index in [1.807, 2.05) is 30.3 Å². The van der Waals surface area contributed by atoms with Gasteiger partial charge >= 0.3 is 0 Å². The summed E-state index contributed by atoms with van der Waals surface area (Å²) in [6.45, 7) is 1.23. The summed E-state index contributed by atoms with van der Waals surface area (Å²) >= 11 is 12.0. The standard InChI is InChI=1S/C28H30Cl2N2O4S/c1-31(19-22-6-3-2-4-7-22)27(33)18-28(21-36-25-12-8-23(29)9-13-25)16-5-17-32(20-28)37(34,35)26-14-10-24(30)11-15-26/h2-4,6-15H,5,16-21H2,1H3. The lowest BCUT2D eigenvalue weighted by molar-refractivity contribution is -0.134. The fourth-order valence-electron chi connectivity index (χ4n) is 4.61. The number of carbonyl (C=O) groups excluding carboxylic acids is 1. The van der Waals surface area contributed by atoms with Crippen molar-refractivity contribution in [3.63, 3.8) is 0 Å². The number of piperidine rings is 1. The van der Waals surface area contributed by atoms with E-state index in [-0.39, 0.29) is 30.4 Å². The van der Waals surface area contributed by atoms with Crippen LogP contribution in [0.4, 0.5) is 0 Å². The normalized spacial score (nSPS) is 18.4. The number of carbonyl (C=O) groups is 1. The van der Waals surface area contributed by atoms with Gasteiger partial charge in [-0.1, -0.05) is 53.5 Å². The van der Waals surface area contributed by atoms with Crippen LogP contribution >= 0.6 is 23.2 Å². The Morgan fingerprint density at radius 2 is 1.59 bits per heavy atom. The van der Waals surface area contributed by atoms with Crippen molar-refractivity contribution in [3.05, 3.63) is 94.5 Å². The minimum Gasteiger partial charge on any atom is -0.493 e. The molecule has 1 heterocycles. The molecule has 37 heavy (non-hydrogen) atoms. The molecule has 1 fully saturated rings. The molecule has 3 aromatic rings. The molecule has 9 heteroatoms. The van der Waals surface area contributed by atoms with Gasteiger partial charge in [0.15, 0.2) is 0 Å². The number of ether oxygens (including phenoxy) is 1. The Balaban J connectivity index is 1.56. The van der Waals surface area contributed by atoms with Crippen LogP contribution in [0.3, 0.4) is 0 Å². The maximum Gasteiger partial charge on any atom is 0.243 e. The van der Waals surface area contributed by atoms with Gasteiger partial charge in [0.1, 0.15) is 5.75 Å². The van der Waals surface area contributed by atoms with Crippen molar-refractivity contribution in [2.45, 2.75) is 30.7 Å². The summed E-state index contributed by atoms with van der Waals surface area (Å²) in [5.74, 6) is 0.556. The molecule has 0 N–H and O–H groups in total. The summed E-state index contributed by atoms with van der Waals surface area (Å²) in [6, 6.07) is 22.9. The Kier molecular flexibility index (Phi) is 8.80. The van der Waals surface area contributed by atoms with Crippen LogP contribution in [0, 0.1) is 5.41 Å². The molecule has 4 rings (SSSR count). The van der Waals surface area contributed by atoms with Gasteiger partial charge in [0.05, 0.1) is 11.5 Å². The minimum absolute atomic E-state index is 0.0608. The zero-order chi connectivity index (χ0) is 26.5. The van der Waals surface area contributed by atoms with E-state index in [2.05, 4.69) is 0 Å². The highest BCUT2D eigenvalue weighted by atomic mass is 35.5. The lowest BCUT2D eigenvalue weighted by Crippen LogP contribution is -2.50. The van der Waals surface area contributed by atoms with E-state index in [9.17, 15) is 13.2 Å². The first kappa shape index (κ1) is 27.5. The van der Waals surface area contributed by atoms with E-state index in [0.717, 1.165) is 5.56 Å². The summed E-state index contributed by atoms with van der Waals surface area (Å²) in [4.78, 5) is 15.3. The summed E-state index contributed by atoms with van der Waals surface area (Å²) in [5, 5.41) is 1.06. The molecule has 0 saturated carbocycles. The summed E-state index contributed by atoms with van der Waals surface area (Å²) in [7, 11) is -1.99. The van der Waals surface area contributed by atoms with E-state index < -0.39 is 15.4 Å². The van der Waals surface area contributed by atoms with Gasteiger partial charge in [-0.3, -0.25) is 4.79 Å². The molecule has 196 valence electrons. The predicted octanol–water partition coefficient (Wildman–Crippen LogP) is 5.89. The topological polar surface area (TPSA) is 66.9 Å². The van der Waals surface area contributed by atoms with E-state index in [1.54, 1.807) is 48.3 Å². The van der Waals surface area contributed by atoms with E-state index in [0.29, 0.717) is 41.7 Å². The van der Waals surface area contributed by atoms with Gasteiger partial charge < -0.3 is 9.64 Å². The van der Waals surface area contributed by atoms with Crippen LogP contribution in [-0.4, -0.2) is 50.3 Å². The van der Waals surface area contributed by atoms with Crippen molar-refractivity contribution in [3.8, 4) is 5.75 Å². The third-order valence-electron chi connectivity index (χ3n) is 6.65. The lowest BCUT2D eigenvalue weighted by Gasteiger charge is -2.42. The van der Waals surface area contributed by atoms with Crippen molar-refractivity contribution >= 4 is 39.1 Å². The Morgan fingerprint density at radius 3 is 2.24 bits per heavy atom. The van der Waals surface area contributed by atoms with Crippen LogP contribution in [0.25, 0.3) is 0 Å².